The van der Waals surface area contributed by atoms with E-state index < -0.39 is 0 Å². The summed E-state index contributed by atoms with van der Waals surface area (Å²) in [6.07, 6.45) is 1.47. The van der Waals surface area contributed by atoms with Crippen molar-refractivity contribution in [2.75, 3.05) is 5.32 Å². The third-order valence-electron chi connectivity index (χ3n) is 3.09. The van der Waals surface area contributed by atoms with Gasteiger partial charge in [-0.15, -0.1) is 5.10 Å². The maximum Gasteiger partial charge on any atom is 0.255 e. The van der Waals surface area contributed by atoms with Crippen molar-refractivity contribution in [2.45, 2.75) is 6.92 Å². The fourth-order valence-electron chi connectivity index (χ4n) is 1.99. The smallest absolute Gasteiger partial charge is 0.255 e. The third kappa shape index (κ3) is 2.96. The van der Waals surface area contributed by atoms with Crippen molar-refractivity contribution in [3.8, 4) is 5.69 Å². The van der Waals surface area contributed by atoms with E-state index in [1.165, 1.54) is 11.0 Å². The minimum Gasteiger partial charge on any atom is -0.321 e. The number of rotatable bonds is 3. The van der Waals surface area contributed by atoms with Gasteiger partial charge in [-0.1, -0.05) is 23.7 Å². The molecular weight excluding hydrogens is 302 g/mol. The Kier molecular flexibility index (Phi) is 3.84. The van der Waals surface area contributed by atoms with Crippen molar-refractivity contribution in [3.63, 3.8) is 0 Å². The Morgan fingerprint density at radius 2 is 2.09 bits per heavy atom. The first-order chi connectivity index (χ1) is 10.6. The predicted molar refractivity (Wildman–Crippen MR) is 83.3 cm³/mol. The number of carbonyl (C=O) groups excluding carboxylic acids is 1. The van der Waals surface area contributed by atoms with Crippen LogP contribution in [0.15, 0.2) is 48.8 Å². The second kappa shape index (κ2) is 5.95. The number of nitrogens with zero attached hydrogens (tertiary/aromatic N) is 4. The van der Waals surface area contributed by atoms with Crippen LogP contribution in [0.25, 0.3) is 5.69 Å². The van der Waals surface area contributed by atoms with Crippen molar-refractivity contribution < 1.29 is 4.79 Å². The molecule has 110 valence electrons. The van der Waals surface area contributed by atoms with Crippen molar-refractivity contribution in [3.05, 3.63) is 64.9 Å². The highest BCUT2D eigenvalue weighted by Crippen LogP contribution is 2.23. The number of aryl methyl sites for hydroxylation is 1. The van der Waals surface area contributed by atoms with Gasteiger partial charge in [0, 0.05) is 5.56 Å². The minimum atomic E-state index is -0.249. The standard InChI is InChI=1S/C15H12ClN5O/c1-10-5-6-14(13(16)7-10)18-15(22)11-3-2-4-12(8-11)21-9-17-19-20-21/h2-9H,1H3,(H,18,22). The van der Waals surface area contributed by atoms with Crippen LogP contribution in [0.4, 0.5) is 5.69 Å². The molecule has 0 atom stereocenters. The van der Waals surface area contributed by atoms with Crippen LogP contribution < -0.4 is 5.32 Å². The third-order valence-corrected chi connectivity index (χ3v) is 3.41. The van der Waals surface area contributed by atoms with Gasteiger partial charge in [0.1, 0.15) is 6.33 Å². The Morgan fingerprint density at radius 3 is 2.82 bits per heavy atom. The van der Waals surface area contributed by atoms with E-state index in [-0.39, 0.29) is 5.91 Å². The Labute approximate surface area is 131 Å². The first-order valence-electron chi connectivity index (χ1n) is 6.54. The maximum atomic E-state index is 12.3. The lowest BCUT2D eigenvalue weighted by Crippen LogP contribution is -2.12. The van der Waals surface area contributed by atoms with Crippen LogP contribution in [0, 0.1) is 6.92 Å². The first kappa shape index (κ1) is 14.2. The number of benzene rings is 2. The zero-order chi connectivity index (χ0) is 15.5. The Balaban J connectivity index is 1.85. The van der Waals surface area contributed by atoms with Gasteiger partial charge in [-0.2, -0.15) is 0 Å². The number of aromatic nitrogens is 4. The van der Waals surface area contributed by atoms with E-state index in [0.29, 0.717) is 22.0 Å². The molecule has 1 heterocycles. The molecule has 0 aliphatic carbocycles. The molecule has 1 amide bonds. The second-order valence-electron chi connectivity index (χ2n) is 4.74. The monoisotopic (exact) mass is 313 g/mol. The largest absolute Gasteiger partial charge is 0.321 e. The van der Waals surface area contributed by atoms with E-state index in [9.17, 15) is 4.79 Å². The summed E-state index contributed by atoms with van der Waals surface area (Å²) < 4.78 is 1.48. The van der Waals surface area contributed by atoms with Gasteiger partial charge in [0.05, 0.1) is 16.4 Å². The highest BCUT2D eigenvalue weighted by molar-refractivity contribution is 6.34. The van der Waals surface area contributed by atoms with Crippen molar-refractivity contribution >= 4 is 23.2 Å². The summed E-state index contributed by atoms with van der Waals surface area (Å²) in [7, 11) is 0. The lowest BCUT2D eigenvalue weighted by molar-refractivity contribution is 0.102. The molecule has 0 spiro atoms. The molecule has 1 N–H and O–H groups in total. The van der Waals surface area contributed by atoms with Crippen LogP contribution >= 0.6 is 11.6 Å². The average Bonchev–Trinajstić information content (AvgIpc) is 3.04. The van der Waals surface area contributed by atoms with E-state index in [2.05, 4.69) is 20.8 Å². The fraction of sp³-hybridized carbons (Fsp3) is 0.0667. The number of hydrogen-bond acceptors (Lipinski definition) is 4. The number of amides is 1. The summed E-state index contributed by atoms with van der Waals surface area (Å²) in [6.45, 7) is 1.94. The highest BCUT2D eigenvalue weighted by Gasteiger charge is 2.10. The van der Waals surface area contributed by atoms with Crippen LogP contribution in [0.2, 0.25) is 5.02 Å². The molecule has 0 fully saturated rings. The molecule has 1 aromatic heterocycles. The van der Waals surface area contributed by atoms with Crippen LogP contribution in [-0.4, -0.2) is 26.1 Å². The summed E-state index contributed by atoms with van der Waals surface area (Å²) in [6, 6.07) is 12.5. The van der Waals surface area contributed by atoms with Crippen molar-refractivity contribution in [1.29, 1.82) is 0 Å². The molecule has 7 heteroatoms. The quantitative estimate of drug-likeness (QED) is 0.807. The Morgan fingerprint density at radius 1 is 1.23 bits per heavy atom. The number of tetrazole rings is 1. The summed E-state index contributed by atoms with van der Waals surface area (Å²) in [4.78, 5) is 12.3. The van der Waals surface area contributed by atoms with Crippen LogP contribution in [0.1, 0.15) is 15.9 Å². The Hall–Kier alpha value is -2.73. The van der Waals surface area contributed by atoms with Crippen LogP contribution in [-0.2, 0) is 0 Å². The highest BCUT2D eigenvalue weighted by atomic mass is 35.5. The number of nitrogens with one attached hydrogen (secondary N) is 1. The van der Waals surface area contributed by atoms with Gasteiger partial charge in [-0.05, 0) is 53.2 Å². The van der Waals surface area contributed by atoms with E-state index in [1.807, 2.05) is 19.1 Å². The lowest BCUT2D eigenvalue weighted by atomic mass is 10.1. The molecule has 0 radical (unpaired) electrons. The summed E-state index contributed by atoms with van der Waals surface area (Å²) in [5.41, 5.74) is 2.80. The number of anilines is 1. The molecule has 6 nitrogen and oxygen atoms in total. The van der Waals surface area contributed by atoms with Gasteiger partial charge < -0.3 is 5.32 Å². The number of hydrogen-bond donors (Lipinski definition) is 1. The van der Waals surface area contributed by atoms with Gasteiger partial charge >= 0.3 is 0 Å². The van der Waals surface area contributed by atoms with E-state index in [1.54, 1.807) is 30.3 Å². The molecule has 2 aromatic carbocycles. The molecule has 3 aromatic rings. The lowest BCUT2D eigenvalue weighted by Gasteiger charge is -2.09. The van der Waals surface area contributed by atoms with Gasteiger partial charge in [-0.25, -0.2) is 4.68 Å². The number of carbonyl (C=O) groups is 1. The Bertz CT molecular complexity index is 817. The zero-order valence-corrected chi connectivity index (χ0v) is 12.4. The topological polar surface area (TPSA) is 72.7 Å². The van der Waals surface area contributed by atoms with Crippen molar-refractivity contribution in [1.82, 2.24) is 20.2 Å². The van der Waals surface area contributed by atoms with E-state index in [0.717, 1.165) is 5.56 Å². The predicted octanol–water partition coefficient (Wildman–Crippen LogP) is 2.88. The molecule has 22 heavy (non-hydrogen) atoms. The molecular formula is C15H12ClN5O. The molecule has 0 aliphatic rings. The molecule has 3 rings (SSSR count). The van der Waals surface area contributed by atoms with Gasteiger partial charge in [0.15, 0.2) is 0 Å². The maximum absolute atomic E-state index is 12.3. The van der Waals surface area contributed by atoms with E-state index in [4.69, 9.17) is 11.6 Å². The van der Waals surface area contributed by atoms with Gasteiger partial charge in [0.2, 0.25) is 0 Å². The van der Waals surface area contributed by atoms with Crippen molar-refractivity contribution in [2.24, 2.45) is 0 Å². The van der Waals surface area contributed by atoms with E-state index >= 15 is 0 Å². The average molecular weight is 314 g/mol. The molecule has 0 aliphatic heterocycles. The summed E-state index contributed by atoms with van der Waals surface area (Å²) in [5, 5.41) is 14.2. The molecule has 0 saturated carbocycles. The minimum absolute atomic E-state index is 0.249. The SMILES string of the molecule is Cc1ccc(NC(=O)c2cccc(-n3cnnn3)c2)c(Cl)c1. The summed E-state index contributed by atoms with van der Waals surface area (Å²) >= 11 is 6.13. The fourth-order valence-corrected chi connectivity index (χ4v) is 2.27. The first-order valence-corrected chi connectivity index (χ1v) is 6.92. The second-order valence-corrected chi connectivity index (χ2v) is 5.15. The molecule has 0 bridgehead atoms. The molecule has 0 saturated heterocycles. The zero-order valence-electron chi connectivity index (χ0n) is 11.7. The molecule has 0 unspecified atom stereocenters. The van der Waals surface area contributed by atoms with Crippen LogP contribution in [0.5, 0.6) is 0 Å². The van der Waals surface area contributed by atoms with Gasteiger partial charge in [0.25, 0.3) is 5.91 Å². The van der Waals surface area contributed by atoms with Gasteiger partial charge in [-0.3, -0.25) is 4.79 Å². The van der Waals surface area contributed by atoms with Crippen LogP contribution in [0.3, 0.4) is 0 Å². The number of halogens is 1. The summed E-state index contributed by atoms with van der Waals surface area (Å²) in [5.74, 6) is -0.249. The normalized spacial score (nSPS) is 10.5.